The lowest BCUT2D eigenvalue weighted by Crippen LogP contribution is -2.24. The average Bonchev–Trinajstić information content (AvgIpc) is 2.79. The third-order valence-corrected chi connectivity index (χ3v) is 4.87. The number of carbonyl (C=O) groups excluding carboxylic acids is 1. The fourth-order valence-electron chi connectivity index (χ4n) is 3.28. The zero-order valence-corrected chi connectivity index (χ0v) is 17.2. The number of carbonyl (C=O) groups is 1. The predicted octanol–water partition coefficient (Wildman–Crippen LogP) is 5.56. The molecule has 150 valence electrons. The van der Waals surface area contributed by atoms with Gasteiger partial charge in [0.2, 0.25) is 5.91 Å². The summed E-state index contributed by atoms with van der Waals surface area (Å²) in [4.78, 5) is 14.3. The van der Waals surface area contributed by atoms with Gasteiger partial charge in [0.1, 0.15) is 11.5 Å². The van der Waals surface area contributed by atoms with Gasteiger partial charge >= 0.3 is 0 Å². The number of hydrogen-bond acceptors (Lipinski definition) is 3. The number of rotatable bonds is 8. The number of aryl methyl sites for hydroxylation is 2. The predicted molar refractivity (Wildman–Crippen MR) is 117 cm³/mol. The van der Waals surface area contributed by atoms with Gasteiger partial charge in [-0.05, 0) is 60.4 Å². The van der Waals surface area contributed by atoms with Crippen LogP contribution in [0.5, 0.6) is 11.5 Å². The molecule has 0 aliphatic carbocycles. The van der Waals surface area contributed by atoms with Gasteiger partial charge in [-0.15, -0.1) is 0 Å². The van der Waals surface area contributed by atoms with Gasteiger partial charge in [0, 0.05) is 23.9 Å². The summed E-state index contributed by atoms with van der Waals surface area (Å²) in [5.74, 6) is 1.67. The summed E-state index contributed by atoms with van der Waals surface area (Å²) >= 11 is 0. The van der Waals surface area contributed by atoms with E-state index in [1.54, 1.807) is 19.1 Å². The highest BCUT2D eigenvalue weighted by Crippen LogP contribution is 2.27. The van der Waals surface area contributed by atoms with Crippen LogP contribution in [0.2, 0.25) is 0 Å². The lowest BCUT2D eigenvalue weighted by atomic mass is 10.0. The van der Waals surface area contributed by atoms with Gasteiger partial charge in [-0.3, -0.25) is 9.69 Å². The molecule has 3 aromatic carbocycles. The standard InChI is InChI=1S/C25H27NO3/c1-4-25(27)26(21-8-6-5-7-9-21)22-14-12-19(13-15-22)10-11-20-16-23(28-2)18-24(17-20)29-3/h5-9,12-18H,4,10-11H2,1-3H3. The molecule has 0 unspecified atom stereocenters. The third kappa shape index (κ3) is 5.17. The van der Waals surface area contributed by atoms with Gasteiger partial charge < -0.3 is 9.47 Å². The van der Waals surface area contributed by atoms with Crippen LogP contribution in [-0.4, -0.2) is 20.1 Å². The molecule has 1 amide bonds. The Morgan fingerprint density at radius 3 is 1.86 bits per heavy atom. The number of para-hydroxylation sites is 1. The van der Waals surface area contributed by atoms with Crippen LogP contribution in [0.15, 0.2) is 72.8 Å². The summed E-state index contributed by atoms with van der Waals surface area (Å²) in [5, 5.41) is 0. The highest BCUT2D eigenvalue weighted by Gasteiger charge is 2.16. The Labute approximate surface area is 172 Å². The first-order valence-corrected chi connectivity index (χ1v) is 9.83. The largest absolute Gasteiger partial charge is 0.497 e. The second-order valence-corrected chi connectivity index (χ2v) is 6.81. The second kappa shape index (κ2) is 9.78. The van der Waals surface area contributed by atoms with E-state index in [0.29, 0.717) is 6.42 Å². The number of ether oxygens (including phenoxy) is 2. The van der Waals surface area contributed by atoms with E-state index in [1.807, 2.05) is 67.6 Å². The summed E-state index contributed by atoms with van der Waals surface area (Å²) in [7, 11) is 3.32. The summed E-state index contributed by atoms with van der Waals surface area (Å²) in [5.41, 5.74) is 4.15. The molecule has 0 atom stereocenters. The average molecular weight is 389 g/mol. The maximum atomic E-state index is 12.5. The lowest BCUT2D eigenvalue weighted by molar-refractivity contribution is -0.117. The molecule has 0 aliphatic heterocycles. The van der Waals surface area contributed by atoms with E-state index in [9.17, 15) is 4.79 Å². The van der Waals surface area contributed by atoms with Crippen molar-refractivity contribution in [3.05, 3.63) is 83.9 Å². The van der Waals surface area contributed by atoms with Gasteiger partial charge in [0.05, 0.1) is 14.2 Å². The van der Waals surface area contributed by atoms with E-state index in [0.717, 1.165) is 41.3 Å². The van der Waals surface area contributed by atoms with Crippen molar-refractivity contribution >= 4 is 17.3 Å². The molecule has 0 heterocycles. The molecule has 29 heavy (non-hydrogen) atoms. The van der Waals surface area contributed by atoms with Crippen molar-refractivity contribution in [1.29, 1.82) is 0 Å². The molecule has 0 radical (unpaired) electrons. The van der Waals surface area contributed by atoms with Crippen LogP contribution in [-0.2, 0) is 17.6 Å². The molecular formula is C25H27NO3. The second-order valence-electron chi connectivity index (χ2n) is 6.81. The monoisotopic (exact) mass is 389 g/mol. The SMILES string of the molecule is CCC(=O)N(c1ccccc1)c1ccc(CCc2cc(OC)cc(OC)c2)cc1. The zero-order chi connectivity index (χ0) is 20.6. The molecule has 0 spiro atoms. The van der Waals surface area contributed by atoms with E-state index >= 15 is 0 Å². The quantitative estimate of drug-likeness (QED) is 0.506. The van der Waals surface area contributed by atoms with E-state index in [-0.39, 0.29) is 5.91 Å². The van der Waals surface area contributed by atoms with Crippen molar-refractivity contribution in [3.63, 3.8) is 0 Å². The third-order valence-electron chi connectivity index (χ3n) is 4.87. The number of amides is 1. The van der Waals surface area contributed by atoms with Gasteiger partial charge in [-0.2, -0.15) is 0 Å². The topological polar surface area (TPSA) is 38.8 Å². The van der Waals surface area contributed by atoms with Crippen molar-refractivity contribution in [3.8, 4) is 11.5 Å². The molecule has 4 nitrogen and oxygen atoms in total. The normalized spacial score (nSPS) is 10.4. The van der Waals surface area contributed by atoms with E-state index in [2.05, 4.69) is 12.1 Å². The van der Waals surface area contributed by atoms with Crippen LogP contribution in [0.1, 0.15) is 24.5 Å². The van der Waals surface area contributed by atoms with Crippen molar-refractivity contribution in [2.75, 3.05) is 19.1 Å². The maximum absolute atomic E-state index is 12.5. The minimum Gasteiger partial charge on any atom is -0.497 e. The van der Waals surface area contributed by atoms with E-state index in [4.69, 9.17) is 9.47 Å². The summed E-state index contributed by atoms with van der Waals surface area (Å²) in [6.07, 6.45) is 2.22. The van der Waals surface area contributed by atoms with Gasteiger partial charge in [-0.25, -0.2) is 0 Å². The Morgan fingerprint density at radius 1 is 0.759 bits per heavy atom. The summed E-state index contributed by atoms with van der Waals surface area (Å²) in [6.45, 7) is 1.88. The van der Waals surface area contributed by atoms with Crippen LogP contribution in [0.4, 0.5) is 11.4 Å². The highest BCUT2D eigenvalue weighted by molar-refractivity contribution is 6.00. The minimum absolute atomic E-state index is 0.0763. The highest BCUT2D eigenvalue weighted by atomic mass is 16.5. The van der Waals surface area contributed by atoms with E-state index in [1.165, 1.54) is 5.56 Å². The molecule has 0 fully saturated rings. The lowest BCUT2D eigenvalue weighted by Gasteiger charge is -2.22. The molecule has 0 saturated carbocycles. The smallest absolute Gasteiger partial charge is 0.231 e. The first-order valence-electron chi connectivity index (χ1n) is 9.83. The molecule has 0 saturated heterocycles. The van der Waals surface area contributed by atoms with Crippen LogP contribution in [0, 0.1) is 0 Å². The number of hydrogen-bond donors (Lipinski definition) is 0. The molecule has 3 rings (SSSR count). The zero-order valence-electron chi connectivity index (χ0n) is 17.2. The summed E-state index contributed by atoms with van der Waals surface area (Å²) in [6, 6.07) is 23.9. The Hall–Kier alpha value is -3.27. The van der Waals surface area contributed by atoms with Crippen molar-refractivity contribution in [1.82, 2.24) is 0 Å². The molecule has 0 N–H and O–H groups in total. The minimum atomic E-state index is 0.0763. The first-order chi connectivity index (χ1) is 14.1. The van der Waals surface area contributed by atoms with E-state index < -0.39 is 0 Å². The van der Waals surface area contributed by atoms with Crippen LogP contribution >= 0.6 is 0 Å². The maximum Gasteiger partial charge on any atom is 0.231 e. The van der Waals surface area contributed by atoms with Crippen molar-refractivity contribution in [2.24, 2.45) is 0 Å². The molecule has 0 aliphatic rings. The number of nitrogens with zero attached hydrogens (tertiary/aromatic N) is 1. The van der Waals surface area contributed by atoms with Crippen LogP contribution in [0.3, 0.4) is 0 Å². The fraction of sp³-hybridized carbons (Fsp3) is 0.240. The van der Waals surface area contributed by atoms with Crippen molar-refractivity contribution < 1.29 is 14.3 Å². The number of anilines is 2. The molecule has 0 aromatic heterocycles. The Morgan fingerprint density at radius 2 is 1.31 bits per heavy atom. The van der Waals surface area contributed by atoms with Gasteiger partial charge in [-0.1, -0.05) is 37.3 Å². The van der Waals surface area contributed by atoms with Gasteiger partial charge in [0.25, 0.3) is 0 Å². The van der Waals surface area contributed by atoms with Gasteiger partial charge in [0.15, 0.2) is 0 Å². The van der Waals surface area contributed by atoms with Crippen LogP contribution < -0.4 is 14.4 Å². The molecule has 3 aromatic rings. The molecular weight excluding hydrogens is 362 g/mol. The Bertz CT molecular complexity index is 914. The van der Waals surface area contributed by atoms with Crippen LogP contribution in [0.25, 0.3) is 0 Å². The Balaban J connectivity index is 1.75. The molecule has 0 bridgehead atoms. The summed E-state index contributed by atoms with van der Waals surface area (Å²) < 4.78 is 10.7. The number of methoxy groups -OCH3 is 2. The molecule has 4 heteroatoms. The number of benzene rings is 3. The Kier molecular flexibility index (Phi) is 6.90. The van der Waals surface area contributed by atoms with Crippen molar-refractivity contribution in [2.45, 2.75) is 26.2 Å². The first kappa shape index (κ1) is 20.5. The fourth-order valence-corrected chi connectivity index (χ4v) is 3.28.